The predicted molar refractivity (Wildman–Crippen MR) is 94.2 cm³/mol. The van der Waals surface area contributed by atoms with Gasteiger partial charge in [0.1, 0.15) is 5.75 Å². The lowest BCUT2D eigenvalue weighted by Gasteiger charge is -2.25. The zero-order valence-corrected chi connectivity index (χ0v) is 14.4. The second kappa shape index (κ2) is 5.77. The molecule has 1 aromatic rings. The van der Waals surface area contributed by atoms with Crippen LogP contribution in [-0.2, 0) is 9.59 Å². The van der Waals surface area contributed by atoms with Crippen LogP contribution in [-0.4, -0.2) is 30.2 Å². The number of fused-ring (bicyclic) bond motifs is 3. The maximum Gasteiger partial charge on any atom is 0.238 e. The zero-order chi connectivity index (χ0) is 16.8. The molecule has 3 atom stereocenters. The van der Waals surface area contributed by atoms with Crippen molar-refractivity contribution in [1.82, 2.24) is 0 Å². The Bertz CT molecular complexity index is 786. The van der Waals surface area contributed by atoms with Gasteiger partial charge in [0, 0.05) is 24.1 Å². The minimum atomic E-state index is -0.294. The number of carbonyl (C=O) groups excluding carboxylic acids is 2. The highest BCUT2D eigenvalue weighted by molar-refractivity contribution is 8.13. The summed E-state index contributed by atoms with van der Waals surface area (Å²) < 4.78 is 5.22. The third-order valence-corrected chi connectivity index (χ3v) is 5.80. The van der Waals surface area contributed by atoms with Crippen LogP contribution < -0.4 is 9.64 Å². The topological polar surface area (TPSA) is 59.0 Å². The summed E-state index contributed by atoms with van der Waals surface area (Å²) in [5.41, 5.74) is 1.57. The van der Waals surface area contributed by atoms with Crippen molar-refractivity contribution in [2.24, 2.45) is 22.7 Å². The molecule has 3 aliphatic rings. The van der Waals surface area contributed by atoms with Gasteiger partial charge in [-0.3, -0.25) is 14.6 Å². The number of thioether (sulfide) groups is 1. The van der Waals surface area contributed by atoms with Gasteiger partial charge in [0.15, 0.2) is 0 Å². The van der Waals surface area contributed by atoms with E-state index < -0.39 is 0 Å². The quantitative estimate of drug-likeness (QED) is 0.776. The summed E-state index contributed by atoms with van der Waals surface area (Å²) in [6, 6.07) is 7.12. The average molecular weight is 342 g/mol. The van der Waals surface area contributed by atoms with Crippen LogP contribution in [0.3, 0.4) is 0 Å². The van der Waals surface area contributed by atoms with Crippen LogP contribution in [0.4, 0.5) is 5.69 Å². The molecule has 0 saturated carbocycles. The van der Waals surface area contributed by atoms with Crippen molar-refractivity contribution in [2.75, 3.05) is 18.3 Å². The molecule has 0 N–H and O–H groups in total. The Hall–Kier alpha value is -2.08. The molecule has 124 valence electrons. The molecule has 1 saturated heterocycles. The maximum atomic E-state index is 13.1. The minimum absolute atomic E-state index is 0.0401. The number of allylic oxidation sites excluding steroid dienone is 2. The molecule has 0 aromatic heterocycles. The van der Waals surface area contributed by atoms with Crippen LogP contribution in [0.25, 0.3) is 0 Å². The largest absolute Gasteiger partial charge is 0.497 e. The molecule has 0 unspecified atom stereocenters. The second-order valence-corrected chi connectivity index (χ2v) is 7.11. The lowest BCUT2D eigenvalue weighted by atomic mass is 9.75. The fourth-order valence-corrected chi connectivity index (χ4v) is 4.45. The van der Waals surface area contributed by atoms with Crippen LogP contribution in [0.5, 0.6) is 5.75 Å². The Morgan fingerprint density at radius 3 is 2.83 bits per heavy atom. The summed E-state index contributed by atoms with van der Waals surface area (Å²) in [7, 11) is 1.57. The van der Waals surface area contributed by atoms with Crippen molar-refractivity contribution in [3.8, 4) is 5.75 Å². The number of hydrogen-bond donors (Lipinski definition) is 0. The molecule has 4 rings (SSSR count). The maximum absolute atomic E-state index is 13.1. The van der Waals surface area contributed by atoms with Gasteiger partial charge in [0.25, 0.3) is 0 Å². The fraction of sp³-hybridized carbons (Fsp3) is 0.389. The first-order valence-electron chi connectivity index (χ1n) is 7.97. The molecule has 1 fully saturated rings. The highest BCUT2D eigenvalue weighted by Gasteiger charge is 2.54. The summed E-state index contributed by atoms with van der Waals surface area (Å²) in [5, 5.41) is 1.05. The molecule has 2 amide bonds. The average Bonchev–Trinajstić information content (AvgIpc) is 3.14. The zero-order valence-electron chi connectivity index (χ0n) is 13.6. The number of imide groups is 1. The molecule has 0 bridgehead atoms. The first-order valence-corrected chi connectivity index (χ1v) is 9.20. The van der Waals surface area contributed by atoms with Gasteiger partial charge in [-0.25, -0.2) is 4.90 Å². The summed E-state index contributed by atoms with van der Waals surface area (Å²) in [6.07, 6.45) is 5.39. The van der Waals surface area contributed by atoms with Crippen LogP contribution in [0.2, 0.25) is 0 Å². The number of rotatable bonds is 2. The lowest BCUT2D eigenvalue weighted by Crippen LogP contribution is -2.32. The van der Waals surface area contributed by atoms with E-state index in [1.54, 1.807) is 43.1 Å². The summed E-state index contributed by atoms with van der Waals surface area (Å²) in [4.78, 5) is 31.9. The highest BCUT2D eigenvalue weighted by Crippen LogP contribution is 2.48. The Labute approximate surface area is 144 Å². The minimum Gasteiger partial charge on any atom is -0.497 e. The highest BCUT2D eigenvalue weighted by atomic mass is 32.2. The van der Waals surface area contributed by atoms with E-state index in [1.165, 1.54) is 4.90 Å². The molecule has 1 aromatic carbocycles. The number of carbonyl (C=O) groups is 2. The van der Waals surface area contributed by atoms with Gasteiger partial charge in [0.05, 0.1) is 29.7 Å². The van der Waals surface area contributed by atoms with E-state index in [9.17, 15) is 9.59 Å². The van der Waals surface area contributed by atoms with Gasteiger partial charge in [-0.1, -0.05) is 12.1 Å². The number of methoxy groups -OCH3 is 1. The van der Waals surface area contributed by atoms with Crippen molar-refractivity contribution in [3.63, 3.8) is 0 Å². The summed E-state index contributed by atoms with van der Waals surface area (Å²) in [6.45, 7) is 0. The first-order chi connectivity index (χ1) is 11.6. The van der Waals surface area contributed by atoms with Gasteiger partial charge < -0.3 is 4.74 Å². The molecule has 2 aliphatic heterocycles. The molecule has 2 heterocycles. The molecule has 0 spiro atoms. The monoisotopic (exact) mass is 342 g/mol. The molecule has 0 radical (unpaired) electrons. The third kappa shape index (κ3) is 2.20. The van der Waals surface area contributed by atoms with Crippen molar-refractivity contribution in [3.05, 3.63) is 36.0 Å². The van der Waals surface area contributed by atoms with Gasteiger partial charge in [-0.2, -0.15) is 0 Å². The molecule has 24 heavy (non-hydrogen) atoms. The molecule has 1 aliphatic carbocycles. The first kappa shape index (κ1) is 15.4. The molecule has 6 heteroatoms. The van der Waals surface area contributed by atoms with Crippen LogP contribution in [0, 0.1) is 17.8 Å². The Morgan fingerprint density at radius 2 is 2.08 bits per heavy atom. The van der Waals surface area contributed by atoms with E-state index in [2.05, 4.69) is 4.99 Å². The standard InChI is InChI=1S/C18H18N2O3S/c1-23-11-5-3-4-10(8-11)20-17(21)12-6-7-14-13(16(12)18(20)22)9-15(19-14)24-2/h3-5,7-8,12-13,16H,6,9H2,1-2H3/t12-,13+,16-/m0/s1. The van der Waals surface area contributed by atoms with E-state index in [1.807, 2.05) is 12.3 Å². The van der Waals surface area contributed by atoms with E-state index in [0.717, 1.165) is 17.2 Å². The van der Waals surface area contributed by atoms with Crippen molar-refractivity contribution in [1.29, 1.82) is 0 Å². The Morgan fingerprint density at radius 1 is 1.25 bits per heavy atom. The summed E-state index contributed by atoms with van der Waals surface area (Å²) in [5.74, 6) is -0.0996. The molecular weight excluding hydrogens is 324 g/mol. The fourth-order valence-electron chi connectivity index (χ4n) is 3.90. The van der Waals surface area contributed by atoms with E-state index >= 15 is 0 Å². The lowest BCUT2D eigenvalue weighted by molar-refractivity contribution is -0.122. The number of amides is 2. The van der Waals surface area contributed by atoms with Crippen molar-refractivity contribution >= 4 is 34.3 Å². The SMILES string of the molecule is COc1cccc(N2C(=O)[C@H]3[C@H](CC=C4N=C(SC)C[C@H]43)C2=O)c1. The van der Waals surface area contributed by atoms with Gasteiger partial charge >= 0.3 is 0 Å². The molecule has 5 nitrogen and oxygen atoms in total. The molecular formula is C18H18N2O3S. The normalized spacial score (nSPS) is 28.4. The number of benzene rings is 1. The van der Waals surface area contributed by atoms with Crippen LogP contribution >= 0.6 is 11.8 Å². The van der Waals surface area contributed by atoms with E-state index in [-0.39, 0.29) is 29.6 Å². The number of ether oxygens (including phenoxy) is 1. The van der Waals surface area contributed by atoms with Gasteiger partial charge in [-0.15, -0.1) is 11.8 Å². The smallest absolute Gasteiger partial charge is 0.238 e. The van der Waals surface area contributed by atoms with Gasteiger partial charge in [-0.05, 0) is 24.8 Å². The number of anilines is 1. The van der Waals surface area contributed by atoms with Crippen molar-refractivity contribution in [2.45, 2.75) is 12.8 Å². The summed E-state index contributed by atoms with van der Waals surface area (Å²) >= 11 is 1.62. The predicted octanol–water partition coefficient (Wildman–Crippen LogP) is 2.87. The Balaban J connectivity index is 1.68. The van der Waals surface area contributed by atoms with E-state index in [4.69, 9.17) is 4.74 Å². The van der Waals surface area contributed by atoms with Gasteiger partial charge in [0.2, 0.25) is 11.8 Å². The number of nitrogens with zero attached hydrogens (tertiary/aromatic N) is 2. The van der Waals surface area contributed by atoms with E-state index in [0.29, 0.717) is 17.9 Å². The third-order valence-electron chi connectivity index (χ3n) is 5.07. The second-order valence-electron chi connectivity index (χ2n) is 6.23. The van der Waals surface area contributed by atoms with Crippen LogP contribution in [0.15, 0.2) is 41.0 Å². The number of hydrogen-bond acceptors (Lipinski definition) is 5. The number of aliphatic imine (C=N–C) groups is 1. The van der Waals surface area contributed by atoms with Crippen LogP contribution in [0.1, 0.15) is 12.8 Å². The Kier molecular flexibility index (Phi) is 3.72. The van der Waals surface area contributed by atoms with Crippen molar-refractivity contribution < 1.29 is 14.3 Å².